The van der Waals surface area contributed by atoms with Gasteiger partial charge in [0.15, 0.2) is 0 Å². The predicted octanol–water partition coefficient (Wildman–Crippen LogP) is 3.17. The first kappa shape index (κ1) is 11.7. The largest absolute Gasteiger partial charge is 0.319 e. The molecule has 0 aliphatic heterocycles. The van der Waals surface area contributed by atoms with Crippen molar-refractivity contribution in [1.82, 2.24) is 5.32 Å². The van der Waals surface area contributed by atoms with Gasteiger partial charge in [-0.3, -0.25) is 0 Å². The summed E-state index contributed by atoms with van der Waals surface area (Å²) in [6, 6.07) is 4.38. The maximum atomic E-state index is 3.24. The summed E-state index contributed by atoms with van der Waals surface area (Å²) in [6.45, 7) is 5.82. The molecule has 0 fully saturated rings. The number of thiophene rings is 1. The molecule has 0 spiro atoms. The van der Waals surface area contributed by atoms with Crippen molar-refractivity contribution in [3.63, 3.8) is 0 Å². The zero-order valence-electron chi connectivity index (χ0n) is 9.42. The first-order valence-electron chi connectivity index (χ1n) is 5.41. The third-order valence-corrected chi connectivity index (χ3v) is 3.86. The van der Waals surface area contributed by atoms with Gasteiger partial charge in [0.2, 0.25) is 0 Å². The topological polar surface area (TPSA) is 12.0 Å². The molecule has 0 radical (unpaired) electrons. The molecule has 2 heteroatoms. The van der Waals surface area contributed by atoms with Crippen LogP contribution < -0.4 is 5.32 Å². The van der Waals surface area contributed by atoms with Gasteiger partial charge in [-0.15, -0.1) is 11.3 Å². The molecular formula is C12H21NS. The fourth-order valence-corrected chi connectivity index (χ4v) is 2.36. The van der Waals surface area contributed by atoms with Crippen LogP contribution in [0, 0.1) is 11.8 Å². The Morgan fingerprint density at radius 3 is 2.71 bits per heavy atom. The van der Waals surface area contributed by atoms with E-state index in [-0.39, 0.29) is 0 Å². The van der Waals surface area contributed by atoms with Crippen LogP contribution in [0.25, 0.3) is 0 Å². The van der Waals surface area contributed by atoms with Crippen molar-refractivity contribution < 1.29 is 0 Å². The summed E-state index contributed by atoms with van der Waals surface area (Å²) >= 11 is 1.87. The maximum Gasteiger partial charge on any atom is 0.00453 e. The van der Waals surface area contributed by atoms with Crippen LogP contribution in [-0.4, -0.2) is 13.6 Å². The highest BCUT2D eigenvalue weighted by Crippen LogP contribution is 2.19. The van der Waals surface area contributed by atoms with Crippen molar-refractivity contribution >= 4 is 11.3 Å². The van der Waals surface area contributed by atoms with E-state index in [0.29, 0.717) is 0 Å². The van der Waals surface area contributed by atoms with Gasteiger partial charge in [-0.25, -0.2) is 0 Å². The van der Waals surface area contributed by atoms with E-state index in [0.717, 1.165) is 18.4 Å². The summed E-state index contributed by atoms with van der Waals surface area (Å²) in [5.41, 5.74) is 0. The maximum absolute atomic E-state index is 3.24. The molecule has 2 atom stereocenters. The Morgan fingerprint density at radius 2 is 2.14 bits per heavy atom. The zero-order valence-corrected chi connectivity index (χ0v) is 10.2. The van der Waals surface area contributed by atoms with Crippen LogP contribution in [0.1, 0.15) is 25.1 Å². The quantitative estimate of drug-likeness (QED) is 0.762. The van der Waals surface area contributed by atoms with Crippen molar-refractivity contribution in [3.05, 3.63) is 22.4 Å². The van der Waals surface area contributed by atoms with Gasteiger partial charge < -0.3 is 5.32 Å². The van der Waals surface area contributed by atoms with Gasteiger partial charge in [0.1, 0.15) is 0 Å². The number of rotatable bonds is 6. The molecule has 1 rings (SSSR count). The summed E-state index contributed by atoms with van der Waals surface area (Å²) in [4.78, 5) is 1.52. The lowest BCUT2D eigenvalue weighted by Gasteiger charge is -2.18. The van der Waals surface area contributed by atoms with Crippen molar-refractivity contribution in [2.24, 2.45) is 11.8 Å². The Bertz CT molecular complexity index is 230. The molecule has 0 bridgehead atoms. The lowest BCUT2D eigenvalue weighted by atomic mass is 9.91. The summed E-state index contributed by atoms with van der Waals surface area (Å²) in [6.07, 6.45) is 2.55. The number of hydrogen-bond donors (Lipinski definition) is 1. The fraction of sp³-hybridized carbons (Fsp3) is 0.667. The van der Waals surface area contributed by atoms with Crippen LogP contribution in [0.15, 0.2) is 17.5 Å². The zero-order chi connectivity index (χ0) is 10.4. The summed E-state index contributed by atoms with van der Waals surface area (Å²) in [5.74, 6) is 1.59. The van der Waals surface area contributed by atoms with E-state index >= 15 is 0 Å². The molecule has 14 heavy (non-hydrogen) atoms. The molecule has 1 nitrogen and oxygen atoms in total. The van der Waals surface area contributed by atoms with E-state index in [4.69, 9.17) is 0 Å². The molecule has 0 aromatic carbocycles. The van der Waals surface area contributed by atoms with E-state index in [1.54, 1.807) is 0 Å². The number of aryl methyl sites for hydroxylation is 1. The smallest absolute Gasteiger partial charge is 0.00453 e. The fourth-order valence-electron chi connectivity index (χ4n) is 1.63. The first-order chi connectivity index (χ1) is 6.74. The molecule has 0 saturated heterocycles. The highest BCUT2D eigenvalue weighted by atomic mass is 32.1. The SMILES string of the molecule is CNCC(C)C(C)CCc1cccs1. The first-order valence-corrected chi connectivity index (χ1v) is 6.29. The third kappa shape index (κ3) is 3.81. The van der Waals surface area contributed by atoms with Gasteiger partial charge in [-0.2, -0.15) is 0 Å². The van der Waals surface area contributed by atoms with Crippen LogP contribution in [0.2, 0.25) is 0 Å². The molecule has 1 heterocycles. The second kappa shape index (κ2) is 6.20. The predicted molar refractivity (Wildman–Crippen MR) is 64.9 cm³/mol. The minimum Gasteiger partial charge on any atom is -0.319 e. The van der Waals surface area contributed by atoms with Crippen molar-refractivity contribution in [3.8, 4) is 0 Å². The molecule has 0 aliphatic carbocycles. The second-order valence-corrected chi connectivity index (χ2v) is 5.16. The van der Waals surface area contributed by atoms with Gasteiger partial charge in [0, 0.05) is 4.88 Å². The average Bonchev–Trinajstić information content (AvgIpc) is 2.67. The van der Waals surface area contributed by atoms with Crippen LogP contribution in [0.3, 0.4) is 0 Å². The van der Waals surface area contributed by atoms with Crippen molar-refractivity contribution in [1.29, 1.82) is 0 Å². The Morgan fingerprint density at radius 1 is 1.36 bits per heavy atom. The Balaban J connectivity index is 2.24. The molecule has 0 amide bonds. The van der Waals surface area contributed by atoms with Crippen LogP contribution >= 0.6 is 11.3 Å². The molecule has 2 unspecified atom stereocenters. The van der Waals surface area contributed by atoms with E-state index in [2.05, 4.69) is 36.7 Å². The molecule has 1 aromatic rings. The van der Waals surface area contributed by atoms with E-state index in [1.165, 1.54) is 17.7 Å². The van der Waals surface area contributed by atoms with Gasteiger partial charge in [0.25, 0.3) is 0 Å². The molecular weight excluding hydrogens is 190 g/mol. The second-order valence-electron chi connectivity index (χ2n) is 4.13. The molecule has 1 aromatic heterocycles. The summed E-state index contributed by atoms with van der Waals surface area (Å²) in [5, 5.41) is 5.41. The van der Waals surface area contributed by atoms with Gasteiger partial charge in [-0.1, -0.05) is 19.9 Å². The molecule has 80 valence electrons. The van der Waals surface area contributed by atoms with Gasteiger partial charge in [-0.05, 0) is 49.7 Å². The van der Waals surface area contributed by atoms with E-state index in [1.807, 2.05) is 18.4 Å². The van der Waals surface area contributed by atoms with E-state index in [9.17, 15) is 0 Å². The molecule has 0 aliphatic rings. The van der Waals surface area contributed by atoms with Crippen LogP contribution in [-0.2, 0) is 6.42 Å². The van der Waals surface area contributed by atoms with Gasteiger partial charge in [0.05, 0.1) is 0 Å². The minimum absolute atomic E-state index is 0.778. The Labute approximate surface area is 91.5 Å². The van der Waals surface area contributed by atoms with Gasteiger partial charge >= 0.3 is 0 Å². The third-order valence-electron chi connectivity index (χ3n) is 2.92. The lowest BCUT2D eigenvalue weighted by molar-refractivity contribution is 0.356. The van der Waals surface area contributed by atoms with Crippen molar-refractivity contribution in [2.45, 2.75) is 26.7 Å². The highest BCUT2D eigenvalue weighted by Gasteiger charge is 2.11. The number of hydrogen-bond acceptors (Lipinski definition) is 2. The van der Waals surface area contributed by atoms with E-state index < -0.39 is 0 Å². The van der Waals surface area contributed by atoms with Crippen molar-refractivity contribution in [2.75, 3.05) is 13.6 Å². The minimum atomic E-state index is 0.778. The molecule has 0 saturated carbocycles. The standard InChI is InChI=1S/C12H21NS/c1-10(11(2)9-13-3)6-7-12-5-4-8-14-12/h4-5,8,10-11,13H,6-7,9H2,1-3H3. The monoisotopic (exact) mass is 211 g/mol. The number of nitrogens with one attached hydrogen (secondary N) is 1. The van der Waals surface area contributed by atoms with Crippen LogP contribution in [0.4, 0.5) is 0 Å². The Hall–Kier alpha value is -0.340. The normalized spacial score (nSPS) is 15.4. The Kier molecular flexibility index (Phi) is 5.20. The highest BCUT2D eigenvalue weighted by molar-refractivity contribution is 7.09. The van der Waals surface area contributed by atoms with Crippen LogP contribution in [0.5, 0.6) is 0 Å². The summed E-state index contributed by atoms with van der Waals surface area (Å²) in [7, 11) is 2.03. The molecule has 1 N–H and O–H groups in total. The lowest BCUT2D eigenvalue weighted by Crippen LogP contribution is -2.22. The average molecular weight is 211 g/mol. The summed E-state index contributed by atoms with van der Waals surface area (Å²) < 4.78 is 0.